The van der Waals surface area contributed by atoms with E-state index >= 15 is 0 Å². The van der Waals surface area contributed by atoms with Crippen molar-refractivity contribution in [1.29, 1.82) is 0 Å². The Morgan fingerprint density at radius 1 is 1.10 bits per heavy atom. The van der Waals surface area contributed by atoms with E-state index in [-0.39, 0.29) is 12.4 Å². The van der Waals surface area contributed by atoms with E-state index in [0.29, 0.717) is 42.0 Å². The van der Waals surface area contributed by atoms with E-state index in [2.05, 4.69) is 0 Å². The molecule has 0 fully saturated rings. The minimum Gasteiger partial charge on any atom is -0.385 e. The van der Waals surface area contributed by atoms with Crippen LogP contribution in [0.1, 0.15) is 16.8 Å². The lowest BCUT2D eigenvalue weighted by molar-refractivity contribution is 0.0382. The van der Waals surface area contributed by atoms with E-state index in [9.17, 15) is 4.79 Å². The van der Waals surface area contributed by atoms with Crippen LogP contribution in [0.3, 0.4) is 0 Å². The number of methoxy groups -OCH3 is 1. The van der Waals surface area contributed by atoms with Crippen LogP contribution in [-0.4, -0.2) is 45.9 Å². The van der Waals surface area contributed by atoms with E-state index < -0.39 is 0 Å². The molecular formula is C14H18Cl2O4. The molecular weight excluding hydrogens is 303 g/mol. The van der Waals surface area contributed by atoms with E-state index in [0.717, 1.165) is 6.42 Å². The largest absolute Gasteiger partial charge is 0.385 e. The second-order valence-corrected chi connectivity index (χ2v) is 4.90. The van der Waals surface area contributed by atoms with Crippen LogP contribution >= 0.6 is 23.2 Å². The molecule has 0 aliphatic carbocycles. The highest BCUT2D eigenvalue weighted by atomic mass is 35.5. The first kappa shape index (κ1) is 17.4. The maximum Gasteiger partial charge on any atom is 0.190 e. The molecule has 0 atom stereocenters. The highest BCUT2D eigenvalue weighted by Gasteiger charge is 2.11. The van der Waals surface area contributed by atoms with Crippen molar-refractivity contribution in [3.05, 3.63) is 33.8 Å². The van der Waals surface area contributed by atoms with Crippen LogP contribution in [0.4, 0.5) is 0 Å². The van der Waals surface area contributed by atoms with E-state index in [1.165, 1.54) is 6.07 Å². The Hall–Kier alpha value is -0.650. The zero-order valence-electron chi connectivity index (χ0n) is 11.4. The number of carbonyl (C=O) groups is 1. The number of benzene rings is 1. The van der Waals surface area contributed by atoms with Gasteiger partial charge >= 0.3 is 0 Å². The first-order valence-electron chi connectivity index (χ1n) is 6.28. The van der Waals surface area contributed by atoms with Crippen LogP contribution < -0.4 is 0 Å². The van der Waals surface area contributed by atoms with Crippen molar-refractivity contribution < 1.29 is 19.0 Å². The molecule has 0 N–H and O–H groups in total. The lowest BCUT2D eigenvalue weighted by Gasteiger charge is -2.06. The first-order valence-corrected chi connectivity index (χ1v) is 7.03. The maximum atomic E-state index is 11.9. The lowest BCUT2D eigenvalue weighted by atomic mass is 10.1. The van der Waals surface area contributed by atoms with E-state index in [1.807, 2.05) is 0 Å². The average molecular weight is 321 g/mol. The fraction of sp³-hybridized carbons (Fsp3) is 0.500. The third-order valence-corrected chi connectivity index (χ3v) is 3.04. The molecule has 0 radical (unpaired) electrons. The minimum absolute atomic E-state index is 0.0402. The van der Waals surface area contributed by atoms with Gasteiger partial charge in [0.15, 0.2) is 5.78 Å². The summed E-state index contributed by atoms with van der Waals surface area (Å²) in [4.78, 5) is 11.9. The molecule has 0 unspecified atom stereocenters. The second-order valence-electron chi connectivity index (χ2n) is 4.06. The highest BCUT2D eigenvalue weighted by Crippen LogP contribution is 2.21. The molecule has 0 bridgehead atoms. The van der Waals surface area contributed by atoms with Gasteiger partial charge in [-0.05, 0) is 24.6 Å². The fourth-order valence-corrected chi connectivity index (χ4v) is 1.87. The van der Waals surface area contributed by atoms with Gasteiger partial charge < -0.3 is 14.2 Å². The zero-order chi connectivity index (χ0) is 14.8. The molecule has 6 heteroatoms. The fourth-order valence-electron chi connectivity index (χ4n) is 1.48. The summed E-state index contributed by atoms with van der Waals surface area (Å²) < 4.78 is 15.4. The number of hydrogen-bond acceptors (Lipinski definition) is 4. The Morgan fingerprint density at radius 3 is 2.60 bits per heavy atom. The molecule has 0 saturated carbocycles. The molecule has 4 nitrogen and oxygen atoms in total. The van der Waals surface area contributed by atoms with Crippen molar-refractivity contribution >= 4 is 29.0 Å². The maximum absolute atomic E-state index is 11.9. The second kappa shape index (κ2) is 10.1. The smallest absolute Gasteiger partial charge is 0.190 e. The Kier molecular flexibility index (Phi) is 8.82. The van der Waals surface area contributed by atoms with Crippen LogP contribution in [0.5, 0.6) is 0 Å². The third kappa shape index (κ3) is 6.68. The summed E-state index contributed by atoms with van der Waals surface area (Å²) in [5.41, 5.74) is 0.375. The standard InChI is InChI=1S/C14H18Cl2O4/c1-18-5-2-6-19-7-8-20-10-14(17)12-9-11(15)3-4-13(12)16/h3-4,9H,2,5-8,10H2,1H3. The summed E-state index contributed by atoms with van der Waals surface area (Å²) in [5.74, 6) is -0.197. The van der Waals surface area contributed by atoms with E-state index in [1.54, 1.807) is 19.2 Å². The van der Waals surface area contributed by atoms with Gasteiger partial charge in [0.05, 0.1) is 18.2 Å². The summed E-state index contributed by atoms with van der Waals surface area (Å²) >= 11 is 11.8. The van der Waals surface area contributed by atoms with Crippen molar-refractivity contribution in [3.8, 4) is 0 Å². The molecule has 1 aromatic rings. The molecule has 0 aliphatic heterocycles. The molecule has 1 rings (SSSR count). The summed E-state index contributed by atoms with van der Waals surface area (Å²) in [6.07, 6.45) is 0.841. The Balaban J connectivity index is 2.18. The van der Waals surface area contributed by atoms with Crippen LogP contribution in [0, 0.1) is 0 Å². The van der Waals surface area contributed by atoms with Crippen LogP contribution in [0.25, 0.3) is 0 Å². The van der Waals surface area contributed by atoms with Crippen LogP contribution in [-0.2, 0) is 14.2 Å². The summed E-state index contributed by atoms with van der Waals surface area (Å²) in [7, 11) is 1.65. The summed E-state index contributed by atoms with van der Waals surface area (Å²) in [6.45, 7) is 2.05. The van der Waals surface area contributed by atoms with Crippen molar-refractivity contribution in [3.63, 3.8) is 0 Å². The third-order valence-electron chi connectivity index (χ3n) is 2.47. The lowest BCUT2D eigenvalue weighted by Crippen LogP contribution is -2.13. The predicted octanol–water partition coefficient (Wildman–Crippen LogP) is 3.25. The van der Waals surface area contributed by atoms with Gasteiger partial charge in [0.25, 0.3) is 0 Å². The SMILES string of the molecule is COCCCOCCOCC(=O)c1cc(Cl)ccc1Cl. The number of hydrogen-bond donors (Lipinski definition) is 0. The molecule has 112 valence electrons. The number of rotatable bonds is 10. The number of ether oxygens (including phenoxy) is 3. The van der Waals surface area contributed by atoms with E-state index in [4.69, 9.17) is 37.4 Å². The van der Waals surface area contributed by atoms with Crippen LogP contribution in [0.15, 0.2) is 18.2 Å². The van der Waals surface area contributed by atoms with Crippen molar-refractivity contribution in [2.75, 3.05) is 40.1 Å². The van der Waals surface area contributed by atoms with Gasteiger partial charge in [-0.15, -0.1) is 0 Å². The van der Waals surface area contributed by atoms with Gasteiger partial charge in [0, 0.05) is 30.9 Å². The number of Topliss-reactive ketones (excluding diaryl/α,β-unsaturated/α-hetero) is 1. The van der Waals surface area contributed by atoms with Gasteiger partial charge in [-0.3, -0.25) is 4.79 Å². The summed E-state index contributed by atoms with van der Waals surface area (Å²) in [6, 6.07) is 4.77. The molecule has 0 saturated heterocycles. The molecule has 20 heavy (non-hydrogen) atoms. The topological polar surface area (TPSA) is 44.8 Å². The van der Waals surface area contributed by atoms with Crippen molar-refractivity contribution in [2.24, 2.45) is 0 Å². The zero-order valence-corrected chi connectivity index (χ0v) is 12.9. The highest BCUT2D eigenvalue weighted by molar-refractivity contribution is 6.35. The molecule has 0 spiro atoms. The molecule has 0 heterocycles. The molecule has 0 aromatic heterocycles. The first-order chi connectivity index (χ1) is 9.65. The number of ketones is 1. The van der Waals surface area contributed by atoms with Gasteiger partial charge in [-0.1, -0.05) is 23.2 Å². The Bertz CT molecular complexity index is 424. The predicted molar refractivity (Wildman–Crippen MR) is 78.9 cm³/mol. The number of carbonyl (C=O) groups excluding carboxylic acids is 1. The molecule has 0 amide bonds. The van der Waals surface area contributed by atoms with Gasteiger partial charge in [-0.25, -0.2) is 0 Å². The Morgan fingerprint density at radius 2 is 1.85 bits per heavy atom. The van der Waals surface area contributed by atoms with Gasteiger partial charge in [0.1, 0.15) is 6.61 Å². The quantitative estimate of drug-likeness (QED) is 0.490. The molecule has 1 aromatic carbocycles. The van der Waals surface area contributed by atoms with Crippen molar-refractivity contribution in [2.45, 2.75) is 6.42 Å². The summed E-state index contributed by atoms with van der Waals surface area (Å²) in [5, 5.41) is 0.845. The molecule has 0 aliphatic rings. The van der Waals surface area contributed by atoms with Gasteiger partial charge in [-0.2, -0.15) is 0 Å². The monoisotopic (exact) mass is 320 g/mol. The Labute approximate surface area is 128 Å². The van der Waals surface area contributed by atoms with Gasteiger partial charge in [0.2, 0.25) is 0 Å². The average Bonchev–Trinajstić information content (AvgIpc) is 2.44. The normalized spacial score (nSPS) is 10.8. The minimum atomic E-state index is -0.197. The number of halogens is 2. The van der Waals surface area contributed by atoms with Crippen molar-refractivity contribution in [1.82, 2.24) is 0 Å². The van der Waals surface area contributed by atoms with Crippen LogP contribution in [0.2, 0.25) is 10.0 Å².